The highest BCUT2D eigenvalue weighted by molar-refractivity contribution is 7.85. The zero-order chi connectivity index (χ0) is 34.5. The van der Waals surface area contributed by atoms with Crippen LogP contribution in [0.3, 0.4) is 0 Å². The van der Waals surface area contributed by atoms with Crippen molar-refractivity contribution < 1.29 is 32.6 Å². The van der Waals surface area contributed by atoms with E-state index >= 15 is 0 Å². The Labute approximate surface area is 270 Å². The third kappa shape index (κ3) is 10.4. The molecule has 0 aliphatic rings. The molecule has 0 radical (unpaired) electrons. The lowest BCUT2D eigenvalue weighted by molar-refractivity contribution is -0.151. The number of ketones is 1. The second kappa shape index (κ2) is 17.5. The Bertz CT molecular complexity index is 1570. The number of nitrogens with zero attached hydrogens (tertiary/aromatic N) is 2. The summed E-state index contributed by atoms with van der Waals surface area (Å²) in [5.41, 5.74) is 5.10. The van der Waals surface area contributed by atoms with Crippen molar-refractivity contribution in [3.63, 3.8) is 0 Å². The van der Waals surface area contributed by atoms with Gasteiger partial charge in [0.15, 0.2) is 5.78 Å². The summed E-state index contributed by atoms with van der Waals surface area (Å²) in [6.45, 7) is 9.40. The minimum Gasteiger partial charge on any atom is -0.296 e. The van der Waals surface area contributed by atoms with Gasteiger partial charge in [0.25, 0.3) is 10.1 Å². The monoisotopic (exact) mass is 655 g/mol. The zero-order valence-corrected chi connectivity index (χ0v) is 27.7. The summed E-state index contributed by atoms with van der Waals surface area (Å²) < 4.78 is 31.0. The molecule has 250 valence electrons. The second-order valence-corrected chi connectivity index (χ2v) is 13.1. The molecule has 2 aromatic carbocycles. The van der Waals surface area contributed by atoms with Crippen molar-refractivity contribution >= 4 is 33.8 Å². The fourth-order valence-corrected chi connectivity index (χ4v) is 5.83. The van der Waals surface area contributed by atoms with E-state index in [2.05, 4.69) is 10.5 Å². The molecule has 1 aromatic heterocycles. The number of hydrazine groups is 1. The van der Waals surface area contributed by atoms with Crippen molar-refractivity contribution in [2.24, 2.45) is 23.1 Å². The first-order chi connectivity index (χ1) is 21.7. The quantitative estimate of drug-likeness (QED) is 0.0412. The van der Waals surface area contributed by atoms with Gasteiger partial charge in [-0.2, -0.15) is 13.5 Å². The van der Waals surface area contributed by atoms with Gasteiger partial charge in [0.2, 0.25) is 11.8 Å². The van der Waals surface area contributed by atoms with Crippen molar-refractivity contribution in [1.29, 1.82) is 0 Å². The molecule has 46 heavy (non-hydrogen) atoms. The average molecular weight is 656 g/mol. The van der Waals surface area contributed by atoms with Gasteiger partial charge in [-0.25, -0.2) is 11.3 Å². The number of amides is 2. The SMILES string of the molecule is CCCC(CC(C)C)(C(=O)NN)C(=O)[C@@H]([C@H](C/C=C/c1ccccc1)C(=O)NO)n1cc(C)cn1.Cc1ccc(S(=O)(=O)O)cc1. The summed E-state index contributed by atoms with van der Waals surface area (Å²) in [7, 11) is -4.02. The fraction of sp³-hybridized carbons (Fsp3) is 0.394. The minimum absolute atomic E-state index is 0.00547. The third-order valence-corrected chi connectivity index (χ3v) is 8.27. The first-order valence-electron chi connectivity index (χ1n) is 15.0. The molecular formula is C33H45N5O7S. The van der Waals surface area contributed by atoms with E-state index in [0.29, 0.717) is 6.42 Å². The van der Waals surface area contributed by atoms with E-state index in [0.717, 1.165) is 16.7 Å². The van der Waals surface area contributed by atoms with Gasteiger partial charge < -0.3 is 0 Å². The number of carbonyl (C=O) groups is 3. The molecule has 0 fully saturated rings. The molecule has 6 N–H and O–H groups in total. The lowest BCUT2D eigenvalue weighted by Crippen LogP contribution is -2.54. The van der Waals surface area contributed by atoms with Crippen LogP contribution in [0.25, 0.3) is 6.08 Å². The van der Waals surface area contributed by atoms with Gasteiger partial charge in [-0.3, -0.25) is 34.3 Å². The third-order valence-electron chi connectivity index (χ3n) is 7.40. The Balaban J connectivity index is 0.000000562. The molecule has 0 aliphatic carbocycles. The topological polar surface area (TPSA) is 194 Å². The first-order valence-corrected chi connectivity index (χ1v) is 16.4. The van der Waals surface area contributed by atoms with Crippen LogP contribution in [0.1, 0.15) is 69.2 Å². The van der Waals surface area contributed by atoms with Gasteiger partial charge in [0.05, 0.1) is 17.0 Å². The summed E-state index contributed by atoms with van der Waals surface area (Å²) in [5.74, 6) is 2.74. The fourth-order valence-electron chi connectivity index (χ4n) is 5.35. The van der Waals surface area contributed by atoms with Gasteiger partial charge in [-0.1, -0.05) is 87.4 Å². The van der Waals surface area contributed by atoms with Crippen LogP contribution >= 0.6 is 0 Å². The maximum atomic E-state index is 14.3. The van der Waals surface area contributed by atoms with Crippen LogP contribution in [0.15, 0.2) is 78.0 Å². The van der Waals surface area contributed by atoms with Crippen LogP contribution in [-0.4, -0.2) is 45.6 Å². The van der Waals surface area contributed by atoms with Crippen molar-refractivity contribution in [1.82, 2.24) is 20.7 Å². The van der Waals surface area contributed by atoms with E-state index < -0.39 is 45.1 Å². The molecule has 0 saturated heterocycles. The largest absolute Gasteiger partial charge is 0.296 e. The number of benzene rings is 2. The Morgan fingerprint density at radius 2 is 1.67 bits per heavy atom. The molecular weight excluding hydrogens is 610 g/mol. The molecule has 1 unspecified atom stereocenters. The van der Waals surface area contributed by atoms with Gasteiger partial charge in [-0.15, -0.1) is 0 Å². The molecule has 0 aliphatic heterocycles. The molecule has 1 heterocycles. The number of rotatable bonds is 14. The number of Topliss-reactive ketones (excluding diaryl/α,β-unsaturated/α-hetero) is 1. The maximum Gasteiger partial charge on any atom is 0.294 e. The lowest BCUT2D eigenvalue weighted by Gasteiger charge is -2.36. The molecule has 0 bridgehead atoms. The number of aromatic nitrogens is 2. The Morgan fingerprint density at radius 3 is 2.15 bits per heavy atom. The Hall–Kier alpha value is -4.17. The number of hydroxylamine groups is 1. The van der Waals surface area contributed by atoms with Crippen LogP contribution in [0.5, 0.6) is 0 Å². The van der Waals surface area contributed by atoms with Crippen LogP contribution in [0.4, 0.5) is 0 Å². The Kier molecular flexibility index (Phi) is 14.5. The number of hydrogen-bond donors (Lipinski definition) is 5. The highest BCUT2D eigenvalue weighted by atomic mass is 32.2. The number of nitrogens with two attached hydrogens (primary N) is 1. The van der Waals surface area contributed by atoms with Crippen LogP contribution in [-0.2, 0) is 24.5 Å². The summed E-state index contributed by atoms with van der Waals surface area (Å²) in [6, 6.07) is 14.4. The Morgan fingerprint density at radius 1 is 1.04 bits per heavy atom. The van der Waals surface area contributed by atoms with Crippen LogP contribution < -0.4 is 16.7 Å². The molecule has 3 aromatic rings. The normalized spacial score (nSPS) is 14.1. The van der Waals surface area contributed by atoms with Crippen LogP contribution in [0, 0.1) is 31.1 Å². The van der Waals surface area contributed by atoms with E-state index in [1.54, 1.807) is 36.1 Å². The van der Waals surface area contributed by atoms with Gasteiger partial charge in [0.1, 0.15) is 11.5 Å². The number of allylic oxidation sites excluding steroid dienone is 1. The van der Waals surface area contributed by atoms with Gasteiger partial charge >= 0.3 is 0 Å². The van der Waals surface area contributed by atoms with Gasteiger partial charge in [0, 0.05) is 6.20 Å². The molecule has 3 rings (SSSR count). The number of carbonyl (C=O) groups excluding carboxylic acids is 3. The standard InChI is InChI=1S/C26H37N5O4.C7H8O3S/c1-5-14-26(15-18(2)3,25(34)29-27)23(32)22(31-17-19(4)16-28-31)21(24(33)30-35)13-9-12-20-10-7-6-8-11-20;1-6-2-4-7(5-3-6)11(8,9)10/h6-12,16-18,21-22,35H,5,13-15,27H2,1-4H3,(H,29,34)(H,30,33);2-5H,1H3,(H,8,9,10)/b12-9+;/t21-,22+,26?;/m0./s1. The van der Waals surface area contributed by atoms with E-state index in [4.69, 9.17) is 10.4 Å². The van der Waals surface area contributed by atoms with Crippen molar-refractivity contribution in [2.75, 3.05) is 0 Å². The lowest BCUT2D eigenvalue weighted by atomic mass is 9.68. The van der Waals surface area contributed by atoms with Gasteiger partial charge in [-0.05, 0) is 62.3 Å². The average Bonchev–Trinajstić information content (AvgIpc) is 3.45. The van der Waals surface area contributed by atoms with E-state index in [-0.39, 0.29) is 30.1 Å². The predicted molar refractivity (Wildman–Crippen MR) is 175 cm³/mol. The predicted octanol–water partition coefficient (Wildman–Crippen LogP) is 4.59. The molecule has 3 atom stereocenters. The van der Waals surface area contributed by atoms with Crippen molar-refractivity contribution in [3.8, 4) is 0 Å². The number of aryl methyl sites for hydroxylation is 2. The summed E-state index contributed by atoms with van der Waals surface area (Å²) in [5, 5.41) is 13.9. The molecule has 2 amide bonds. The number of nitrogens with one attached hydrogen (secondary N) is 2. The highest BCUT2D eigenvalue weighted by Crippen LogP contribution is 2.40. The molecule has 0 saturated carbocycles. The molecule has 13 heteroatoms. The summed E-state index contributed by atoms with van der Waals surface area (Å²) in [4.78, 5) is 40.3. The number of hydrogen-bond acceptors (Lipinski definition) is 8. The maximum absolute atomic E-state index is 14.3. The highest BCUT2D eigenvalue weighted by Gasteiger charge is 2.51. The first kappa shape index (κ1) is 38.0. The zero-order valence-electron chi connectivity index (χ0n) is 26.9. The molecule has 0 spiro atoms. The smallest absolute Gasteiger partial charge is 0.294 e. The van der Waals surface area contributed by atoms with Crippen molar-refractivity contribution in [2.45, 2.75) is 71.2 Å². The second-order valence-electron chi connectivity index (χ2n) is 11.6. The van der Waals surface area contributed by atoms with E-state index in [1.807, 2.05) is 71.0 Å². The summed E-state index contributed by atoms with van der Waals surface area (Å²) in [6.07, 6.45) is 8.07. The minimum atomic E-state index is -4.02. The van der Waals surface area contributed by atoms with Crippen molar-refractivity contribution in [3.05, 3.63) is 89.8 Å². The summed E-state index contributed by atoms with van der Waals surface area (Å²) >= 11 is 0. The van der Waals surface area contributed by atoms with E-state index in [1.165, 1.54) is 16.8 Å². The van der Waals surface area contributed by atoms with E-state index in [9.17, 15) is 28.0 Å². The van der Waals surface area contributed by atoms with Crippen LogP contribution in [0.2, 0.25) is 0 Å². The molecule has 12 nitrogen and oxygen atoms in total.